The van der Waals surface area contributed by atoms with E-state index in [1.807, 2.05) is 0 Å². The van der Waals surface area contributed by atoms with E-state index < -0.39 is 24.2 Å². The maximum absolute atomic E-state index is 12.6. The number of nitrogens with zero attached hydrogens (tertiary/aromatic N) is 1. The molecule has 2 aromatic carbocycles. The zero-order valence-electron chi connectivity index (χ0n) is 13.4. The molecule has 1 aromatic heterocycles. The van der Waals surface area contributed by atoms with Gasteiger partial charge < -0.3 is 10.1 Å². The van der Waals surface area contributed by atoms with Gasteiger partial charge in [0.2, 0.25) is 0 Å². The van der Waals surface area contributed by atoms with Crippen LogP contribution in [0, 0.1) is 0 Å². The van der Waals surface area contributed by atoms with Gasteiger partial charge in [-0.15, -0.1) is 0 Å². The highest BCUT2D eigenvalue weighted by Gasteiger charge is 2.29. The van der Waals surface area contributed by atoms with E-state index in [1.165, 1.54) is 30.3 Å². The Morgan fingerprint density at radius 1 is 1.19 bits per heavy atom. The zero-order valence-corrected chi connectivity index (χ0v) is 14.2. The van der Waals surface area contributed by atoms with Crippen molar-refractivity contribution in [2.75, 3.05) is 11.9 Å². The van der Waals surface area contributed by atoms with Crippen LogP contribution in [0.4, 0.5) is 18.9 Å². The normalized spacial score (nSPS) is 11.4. The number of aromatic nitrogens is 2. The highest BCUT2D eigenvalue weighted by atomic mass is 35.5. The number of rotatable bonds is 4. The van der Waals surface area contributed by atoms with Gasteiger partial charge in [-0.2, -0.15) is 18.3 Å². The van der Waals surface area contributed by atoms with Gasteiger partial charge in [0.25, 0.3) is 11.5 Å². The molecule has 6 nitrogen and oxygen atoms in total. The number of hydrogen-bond acceptors (Lipinski definition) is 4. The SMILES string of the molecule is O=C(Nc1cc(Cl)ccc1OCC(F)(F)F)c1n[nH]c(=O)c2ccccc12. The van der Waals surface area contributed by atoms with Crippen molar-refractivity contribution >= 4 is 34.0 Å². The van der Waals surface area contributed by atoms with Gasteiger partial charge in [-0.25, -0.2) is 5.10 Å². The third-order valence-corrected chi connectivity index (χ3v) is 3.73. The molecule has 140 valence electrons. The van der Waals surface area contributed by atoms with Crippen LogP contribution in [0.5, 0.6) is 5.75 Å². The van der Waals surface area contributed by atoms with Gasteiger partial charge in [0.05, 0.1) is 11.1 Å². The van der Waals surface area contributed by atoms with Gasteiger partial charge in [0, 0.05) is 10.4 Å². The maximum atomic E-state index is 12.6. The Kier molecular flexibility index (Phi) is 5.04. The third-order valence-electron chi connectivity index (χ3n) is 3.49. The number of amides is 1. The summed E-state index contributed by atoms with van der Waals surface area (Å²) in [6.45, 7) is -1.53. The predicted octanol–water partition coefficient (Wildman–Crippen LogP) is 3.77. The smallest absolute Gasteiger partial charge is 0.422 e. The average molecular weight is 398 g/mol. The molecule has 0 saturated carbocycles. The minimum Gasteiger partial charge on any atom is -0.482 e. The summed E-state index contributed by atoms with van der Waals surface area (Å²) in [5.74, 6) is -0.958. The minimum absolute atomic E-state index is 0.0613. The molecule has 0 fully saturated rings. The molecule has 27 heavy (non-hydrogen) atoms. The summed E-state index contributed by atoms with van der Waals surface area (Å²) in [4.78, 5) is 24.4. The minimum atomic E-state index is -4.54. The molecular formula is C17H11ClF3N3O3. The first-order valence-corrected chi connectivity index (χ1v) is 7.90. The second-order valence-corrected chi connectivity index (χ2v) is 5.88. The van der Waals surface area contributed by atoms with Crippen molar-refractivity contribution in [3.05, 3.63) is 63.5 Å². The van der Waals surface area contributed by atoms with Crippen LogP contribution >= 0.6 is 11.6 Å². The number of carbonyl (C=O) groups excluding carboxylic acids is 1. The first kappa shape index (κ1) is 18.7. The molecule has 3 rings (SSSR count). The second-order valence-electron chi connectivity index (χ2n) is 5.45. The molecule has 2 N–H and O–H groups in total. The van der Waals surface area contributed by atoms with Crippen LogP contribution in [0.25, 0.3) is 10.8 Å². The van der Waals surface area contributed by atoms with Gasteiger partial charge in [-0.05, 0) is 24.3 Å². The molecule has 0 bridgehead atoms. The summed E-state index contributed by atoms with van der Waals surface area (Å²) in [5.41, 5.74) is -0.639. The van der Waals surface area contributed by atoms with Crippen molar-refractivity contribution in [1.29, 1.82) is 0 Å². The molecule has 0 aliphatic heterocycles. The molecule has 10 heteroatoms. The summed E-state index contributed by atoms with van der Waals surface area (Å²) >= 11 is 5.86. The van der Waals surface area contributed by atoms with Crippen molar-refractivity contribution < 1.29 is 22.7 Å². The number of hydrogen-bond donors (Lipinski definition) is 2. The van der Waals surface area contributed by atoms with E-state index in [4.69, 9.17) is 16.3 Å². The number of halogens is 4. The van der Waals surface area contributed by atoms with E-state index in [0.29, 0.717) is 5.39 Å². The van der Waals surface area contributed by atoms with E-state index >= 15 is 0 Å². The largest absolute Gasteiger partial charge is 0.482 e. The molecule has 1 heterocycles. The Labute approximate surface area is 154 Å². The number of ether oxygens (including phenoxy) is 1. The fraction of sp³-hybridized carbons (Fsp3) is 0.118. The quantitative estimate of drug-likeness (QED) is 0.702. The highest BCUT2D eigenvalue weighted by Crippen LogP contribution is 2.30. The standard InChI is InChI=1S/C17H11ClF3N3O3/c18-9-5-6-13(27-8-17(19,20)21)12(7-9)22-16(26)14-10-3-1-2-4-11(10)15(25)24-23-14/h1-7H,8H2,(H,22,26)(H,24,25). The monoisotopic (exact) mass is 397 g/mol. The van der Waals surface area contributed by atoms with Crippen LogP contribution in [0.2, 0.25) is 5.02 Å². The van der Waals surface area contributed by atoms with Crippen LogP contribution in [0.1, 0.15) is 10.5 Å². The van der Waals surface area contributed by atoms with E-state index in [9.17, 15) is 22.8 Å². The van der Waals surface area contributed by atoms with Crippen molar-refractivity contribution in [2.45, 2.75) is 6.18 Å². The van der Waals surface area contributed by atoms with E-state index in [2.05, 4.69) is 15.5 Å². The van der Waals surface area contributed by atoms with Crippen molar-refractivity contribution in [2.24, 2.45) is 0 Å². The molecule has 0 unspecified atom stereocenters. The fourth-order valence-corrected chi connectivity index (χ4v) is 2.53. The summed E-state index contributed by atoms with van der Waals surface area (Å²) in [6.07, 6.45) is -4.54. The number of carbonyl (C=O) groups is 1. The Hall–Kier alpha value is -3.07. The number of anilines is 1. The summed E-state index contributed by atoms with van der Waals surface area (Å²) in [7, 11) is 0. The zero-order chi connectivity index (χ0) is 19.6. The number of fused-ring (bicyclic) bond motifs is 1. The molecule has 0 saturated heterocycles. The van der Waals surface area contributed by atoms with Crippen molar-refractivity contribution in [1.82, 2.24) is 10.2 Å². The van der Waals surface area contributed by atoms with Crippen LogP contribution in [0.15, 0.2) is 47.3 Å². The lowest BCUT2D eigenvalue weighted by Crippen LogP contribution is -2.21. The van der Waals surface area contributed by atoms with Crippen molar-refractivity contribution in [3.63, 3.8) is 0 Å². The Bertz CT molecular complexity index is 1070. The van der Waals surface area contributed by atoms with Gasteiger partial charge in [-0.1, -0.05) is 29.8 Å². The molecule has 0 aliphatic rings. The maximum Gasteiger partial charge on any atom is 0.422 e. The van der Waals surface area contributed by atoms with Gasteiger partial charge in [0.15, 0.2) is 12.3 Å². The Morgan fingerprint density at radius 3 is 2.59 bits per heavy atom. The first-order valence-electron chi connectivity index (χ1n) is 7.52. The summed E-state index contributed by atoms with van der Waals surface area (Å²) in [5, 5.41) is 9.08. The molecule has 0 radical (unpaired) electrons. The number of alkyl halides is 3. The third kappa shape index (κ3) is 4.37. The molecule has 0 spiro atoms. The van der Waals surface area contributed by atoms with Crippen LogP contribution in [-0.4, -0.2) is 28.9 Å². The van der Waals surface area contributed by atoms with Crippen LogP contribution in [0.3, 0.4) is 0 Å². The van der Waals surface area contributed by atoms with Gasteiger partial charge in [0.1, 0.15) is 5.75 Å². The van der Waals surface area contributed by atoms with E-state index in [0.717, 1.165) is 0 Å². The second kappa shape index (κ2) is 7.28. The Morgan fingerprint density at radius 2 is 1.89 bits per heavy atom. The number of benzene rings is 2. The topological polar surface area (TPSA) is 84.1 Å². The summed E-state index contributed by atoms with van der Waals surface area (Å²) in [6, 6.07) is 10.1. The lowest BCUT2D eigenvalue weighted by atomic mass is 10.1. The number of nitrogens with one attached hydrogen (secondary N) is 2. The van der Waals surface area contributed by atoms with Crippen LogP contribution in [-0.2, 0) is 0 Å². The average Bonchev–Trinajstić information content (AvgIpc) is 2.60. The van der Waals surface area contributed by atoms with E-state index in [1.54, 1.807) is 12.1 Å². The molecular weight excluding hydrogens is 387 g/mol. The first-order chi connectivity index (χ1) is 12.7. The van der Waals surface area contributed by atoms with E-state index in [-0.39, 0.29) is 27.5 Å². The predicted molar refractivity (Wildman–Crippen MR) is 93.3 cm³/mol. The highest BCUT2D eigenvalue weighted by molar-refractivity contribution is 6.31. The molecule has 1 amide bonds. The summed E-state index contributed by atoms with van der Waals surface area (Å²) < 4.78 is 42.0. The number of aromatic amines is 1. The molecule has 3 aromatic rings. The van der Waals surface area contributed by atoms with Crippen molar-refractivity contribution in [3.8, 4) is 5.75 Å². The van der Waals surface area contributed by atoms with Crippen LogP contribution < -0.4 is 15.6 Å². The fourth-order valence-electron chi connectivity index (χ4n) is 2.35. The van der Waals surface area contributed by atoms with Gasteiger partial charge >= 0.3 is 6.18 Å². The molecule has 0 aliphatic carbocycles. The lowest BCUT2D eigenvalue weighted by molar-refractivity contribution is -0.153. The molecule has 0 atom stereocenters. The Balaban J connectivity index is 1.94. The lowest BCUT2D eigenvalue weighted by Gasteiger charge is -2.14. The van der Waals surface area contributed by atoms with Gasteiger partial charge in [-0.3, -0.25) is 9.59 Å². The number of H-pyrrole nitrogens is 1.